The molecule has 0 radical (unpaired) electrons. The molecule has 0 amide bonds. The minimum atomic E-state index is 0.0333. The summed E-state index contributed by atoms with van der Waals surface area (Å²) in [7, 11) is 0. The highest BCUT2D eigenvalue weighted by Gasteiger charge is 2.34. The number of benzene rings is 1. The van der Waals surface area contributed by atoms with Crippen molar-refractivity contribution in [2.75, 3.05) is 25.1 Å². The van der Waals surface area contributed by atoms with Crippen LogP contribution in [0.2, 0.25) is 0 Å². The molecule has 3 rings (SSSR count). The van der Waals surface area contributed by atoms with Gasteiger partial charge in [0.1, 0.15) is 5.82 Å². The zero-order valence-corrected chi connectivity index (χ0v) is 18.5. The Labute approximate surface area is 176 Å². The molecular formula is C19H21Br2N3OS. The van der Waals surface area contributed by atoms with Crippen LogP contribution in [0.3, 0.4) is 0 Å². The summed E-state index contributed by atoms with van der Waals surface area (Å²) in [5.74, 6) is 0.712. The molecule has 0 bridgehead atoms. The quantitative estimate of drug-likeness (QED) is 0.584. The lowest BCUT2D eigenvalue weighted by molar-refractivity contribution is 0.0515. The van der Waals surface area contributed by atoms with Gasteiger partial charge in [-0.15, -0.1) is 0 Å². The molecule has 2 N–H and O–H groups in total. The Kier molecular flexibility index (Phi) is 6.66. The SMILES string of the molecule is Cc1c(Br)cnc(NC(=S)NCC2(c3ccccc3)CCOCC2)c1Br. The third-order valence-electron chi connectivity index (χ3n) is 4.86. The summed E-state index contributed by atoms with van der Waals surface area (Å²) in [6.45, 7) is 4.33. The molecule has 1 aliphatic rings. The molecule has 0 saturated carbocycles. The third kappa shape index (κ3) is 4.44. The second-order valence-corrected chi connectivity index (χ2v) is 8.52. The van der Waals surface area contributed by atoms with Gasteiger partial charge < -0.3 is 15.4 Å². The van der Waals surface area contributed by atoms with Gasteiger partial charge in [-0.1, -0.05) is 30.3 Å². The number of aromatic nitrogens is 1. The number of halogens is 2. The zero-order valence-electron chi connectivity index (χ0n) is 14.5. The number of ether oxygens (including phenoxy) is 1. The van der Waals surface area contributed by atoms with E-state index in [1.165, 1.54) is 5.56 Å². The highest BCUT2D eigenvalue weighted by molar-refractivity contribution is 9.11. The Morgan fingerprint density at radius 3 is 2.62 bits per heavy atom. The third-order valence-corrected chi connectivity index (χ3v) is 6.87. The van der Waals surface area contributed by atoms with E-state index in [-0.39, 0.29) is 5.41 Å². The van der Waals surface area contributed by atoms with Crippen molar-refractivity contribution in [3.05, 3.63) is 56.6 Å². The van der Waals surface area contributed by atoms with Crippen molar-refractivity contribution >= 4 is 55.0 Å². The average Bonchev–Trinajstić information content (AvgIpc) is 2.68. The maximum Gasteiger partial charge on any atom is 0.172 e. The summed E-state index contributed by atoms with van der Waals surface area (Å²) in [4.78, 5) is 4.40. The topological polar surface area (TPSA) is 46.2 Å². The molecule has 138 valence electrons. The van der Waals surface area contributed by atoms with Crippen LogP contribution in [0.4, 0.5) is 5.82 Å². The monoisotopic (exact) mass is 497 g/mol. The smallest absolute Gasteiger partial charge is 0.172 e. The summed E-state index contributed by atoms with van der Waals surface area (Å²) in [5, 5.41) is 7.16. The second kappa shape index (κ2) is 8.78. The zero-order chi connectivity index (χ0) is 18.6. The Hall–Kier alpha value is -1.02. The van der Waals surface area contributed by atoms with E-state index in [1.54, 1.807) is 6.20 Å². The van der Waals surface area contributed by atoms with Crippen molar-refractivity contribution in [2.45, 2.75) is 25.2 Å². The van der Waals surface area contributed by atoms with Crippen LogP contribution in [0.25, 0.3) is 0 Å². The number of anilines is 1. The van der Waals surface area contributed by atoms with Gasteiger partial charge in [0.15, 0.2) is 5.11 Å². The predicted octanol–water partition coefficient (Wildman–Crippen LogP) is 4.95. The van der Waals surface area contributed by atoms with Gasteiger partial charge in [-0.25, -0.2) is 4.98 Å². The first-order valence-electron chi connectivity index (χ1n) is 8.50. The standard InChI is InChI=1S/C19H21Br2N3OS/c1-13-15(20)11-22-17(16(13)21)24-18(26)23-12-19(7-9-25-10-8-19)14-5-3-2-4-6-14/h2-6,11H,7-10,12H2,1H3,(H2,22,23,24,26). The summed E-state index contributed by atoms with van der Waals surface area (Å²) in [6, 6.07) is 10.6. The van der Waals surface area contributed by atoms with Gasteiger partial charge in [0.05, 0.1) is 4.47 Å². The fraction of sp³-hybridized carbons (Fsp3) is 0.368. The molecule has 0 spiro atoms. The fourth-order valence-electron chi connectivity index (χ4n) is 3.17. The number of pyridine rings is 1. The Bertz CT molecular complexity index is 780. The fourth-order valence-corrected chi connectivity index (χ4v) is 4.32. The number of hydrogen-bond donors (Lipinski definition) is 2. The molecule has 2 heterocycles. The Balaban J connectivity index is 1.70. The van der Waals surface area contributed by atoms with Crippen molar-refractivity contribution in [2.24, 2.45) is 0 Å². The van der Waals surface area contributed by atoms with Crippen molar-refractivity contribution in [3.63, 3.8) is 0 Å². The Morgan fingerprint density at radius 2 is 1.92 bits per heavy atom. The van der Waals surface area contributed by atoms with E-state index >= 15 is 0 Å². The molecule has 1 aromatic carbocycles. The van der Waals surface area contributed by atoms with Gasteiger partial charge in [0.2, 0.25) is 0 Å². The van der Waals surface area contributed by atoms with E-state index in [2.05, 4.69) is 77.8 Å². The number of nitrogens with zero attached hydrogens (tertiary/aromatic N) is 1. The van der Waals surface area contributed by atoms with Gasteiger partial charge in [-0.05, 0) is 75.0 Å². The van der Waals surface area contributed by atoms with Crippen LogP contribution in [-0.4, -0.2) is 29.9 Å². The lowest BCUT2D eigenvalue weighted by Gasteiger charge is -2.38. The lowest BCUT2D eigenvalue weighted by Crippen LogP contribution is -2.45. The molecule has 0 atom stereocenters. The van der Waals surface area contributed by atoms with E-state index in [0.717, 1.165) is 47.1 Å². The number of thiocarbonyl (C=S) groups is 1. The van der Waals surface area contributed by atoms with Crippen LogP contribution in [0.1, 0.15) is 24.0 Å². The average molecular weight is 499 g/mol. The minimum Gasteiger partial charge on any atom is -0.381 e. The molecule has 1 aliphatic heterocycles. The molecule has 1 saturated heterocycles. The number of nitrogens with one attached hydrogen (secondary N) is 2. The van der Waals surface area contributed by atoms with E-state index in [9.17, 15) is 0 Å². The molecule has 0 unspecified atom stereocenters. The first-order chi connectivity index (χ1) is 12.5. The van der Waals surface area contributed by atoms with Crippen LogP contribution >= 0.6 is 44.1 Å². The summed E-state index contributed by atoms with van der Waals surface area (Å²) in [6.07, 6.45) is 3.73. The Morgan fingerprint density at radius 1 is 1.23 bits per heavy atom. The molecule has 26 heavy (non-hydrogen) atoms. The van der Waals surface area contributed by atoms with Gasteiger partial charge in [0, 0.05) is 35.8 Å². The van der Waals surface area contributed by atoms with Crippen LogP contribution in [-0.2, 0) is 10.2 Å². The molecule has 0 aliphatic carbocycles. The first kappa shape index (κ1) is 19.7. The summed E-state index contributed by atoms with van der Waals surface area (Å²) < 4.78 is 7.45. The van der Waals surface area contributed by atoms with Gasteiger partial charge in [0.25, 0.3) is 0 Å². The van der Waals surface area contributed by atoms with E-state index in [4.69, 9.17) is 17.0 Å². The van der Waals surface area contributed by atoms with Gasteiger partial charge in [-0.3, -0.25) is 0 Å². The normalized spacial score (nSPS) is 16.1. The predicted molar refractivity (Wildman–Crippen MR) is 117 cm³/mol. The molecule has 1 fully saturated rings. The summed E-state index contributed by atoms with van der Waals surface area (Å²) >= 11 is 12.6. The minimum absolute atomic E-state index is 0.0333. The van der Waals surface area contributed by atoms with Crippen molar-refractivity contribution < 1.29 is 4.74 Å². The highest BCUT2D eigenvalue weighted by Crippen LogP contribution is 2.34. The maximum absolute atomic E-state index is 5.59. The maximum atomic E-state index is 5.59. The van der Waals surface area contributed by atoms with Gasteiger partial charge >= 0.3 is 0 Å². The second-order valence-electron chi connectivity index (χ2n) is 6.46. The van der Waals surface area contributed by atoms with Crippen LogP contribution in [0.15, 0.2) is 45.5 Å². The van der Waals surface area contributed by atoms with E-state index in [1.807, 2.05) is 6.92 Å². The van der Waals surface area contributed by atoms with Crippen LogP contribution < -0.4 is 10.6 Å². The van der Waals surface area contributed by atoms with E-state index in [0.29, 0.717) is 10.9 Å². The van der Waals surface area contributed by atoms with Crippen molar-refractivity contribution in [1.29, 1.82) is 0 Å². The molecule has 2 aromatic rings. The highest BCUT2D eigenvalue weighted by atomic mass is 79.9. The van der Waals surface area contributed by atoms with E-state index < -0.39 is 0 Å². The van der Waals surface area contributed by atoms with Crippen molar-refractivity contribution in [3.8, 4) is 0 Å². The first-order valence-corrected chi connectivity index (χ1v) is 10.5. The lowest BCUT2D eigenvalue weighted by atomic mass is 9.74. The molecule has 7 heteroatoms. The molecule has 1 aromatic heterocycles. The van der Waals surface area contributed by atoms with Gasteiger partial charge in [-0.2, -0.15) is 0 Å². The summed E-state index contributed by atoms with van der Waals surface area (Å²) in [5.41, 5.74) is 2.44. The molecule has 4 nitrogen and oxygen atoms in total. The van der Waals surface area contributed by atoms with Crippen LogP contribution in [0, 0.1) is 6.92 Å². The number of hydrogen-bond acceptors (Lipinski definition) is 3. The van der Waals surface area contributed by atoms with Crippen LogP contribution in [0.5, 0.6) is 0 Å². The largest absolute Gasteiger partial charge is 0.381 e. The van der Waals surface area contributed by atoms with Crippen molar-refractivity contribution in [1.82, 2.24) is 10.3 Å². The molecular weight excluding hydrogens is 478 g/mol. The number of rotatable bonds is 4.